The molecule has 3 heterocycles. The highest BCUT2D eigenvalue weighted by atomic mass is 32.1. The molecule has 5 rings (SSSR count). The van der Waals surface area contributed by atoms with Crippen LogP contribution < -0.4 is 4.74 Å². The van der Waals surface area contributed by atoms with Crippen LogP contribution in [0.5, 0.6) is 5.75 Å². The predicted molar refractivity (Wildman–Crippen MR) is 112 cm³/mol. The van der Waals surface area contributed by atoms with E-state index in [9.17, 15) is 4.79 Å². The maximum absolute atomic E-state index is 13.4. The van der Waals surface area contributed by atoms with Gasteiger partial charge in [0.1, 0.15) is 11.9 Å². The number of carbonyl (C=O) groups is 1. The maximum atomic E-state index is 13.4. The molecule has 0 unspecified atom stereocenters. The van der Waals surface area contributed by atoms with E-state index in [1.54, 1.807) is 11.3 Å². The molecule has 0 N–H and O–H groups in total. The number of hydrogen-bond donors (Lipinski definition) is 0. The van der Waals surface area contributed by atoms with Crippen LogP contribution in [-0.2, 0) is 0 Å². The van der Waals surface area contributed by atoms with Gasteiger partial charge in [-0.3, -0.25) is 4.79 Å². The quantitative estimate of drug-likeness (QED) is 0.602. The van der Waals surface area contributed by atoms with Crippen LogP contribution in [0.3, 0.4) is 0 Å². The predicted octanol–water partition coefficient (Wildman–Crippen LogP) is 5.20. The fourth-order valence-corrected chi connectivity index (χ4v) is 5.45. The first-order valence-corrected chi connectivity index (χ1v) is 10.9. The third kappa shape index (κ3) is 2.89. The SMILES string of the molecule is C[C@@H]1Oc2c(C(=O)N3CCC[C@H](c4nc5ccccc5s4)C3)cccc2[C@H]1C. The Morgan fingerprint density at radius 1 is 1.18 bits per heavy atom. The van der Waals surface area contributed by atoms with Crippen LogP contribution in [0, 0.1) is 0 Å². The second-order valence-corrected chi connectivity index (χ2v) is 9.01. The number of likely N-dealkylation sites (tertiary alicyclic amines) is 1. The average molecular weight is 393 g/mol. The smallest absolute Gasteiger partial charge is 0.257 e. The Bertz CT molecular complexity index is 1010. The Morgan fingerprint density at radius 3 is 2.89 bits per heavy atom. The van der Waals surface area contributed by atoms with Crippen LogP contribution in [0.2, 0.25) is 0 Å². The lowest BCUT2D eigenvalue weighted by Crippen LogP contribution is -2.39. The highest BCUT2D eigenvalue weighted by Gasteiger charge is 2.34. The molecule has 2 aliphatic rings. The molecule has 28 heavy (non-hydrogen) atoms. The highest BCUT2D eigenvalue weighted by molar-refractivity contribution is 7.18. The van der Waals surface area contributed by atoms with Gasteiger partial charge in [-0.15, -0.1) is 11.3 Å². The Morgan fingerprint density at radius 2 is 2.04 bits per heavy atom. The van der Waals surface area contributed by atoms with E-state index in [1.807, 2.05) is 23.1 Å². The number of hydrogen-bond acceptors (Lipinski definition) is 4. The molecule has 1 aromatic heterocycles. The Balaban J connectivity index is 1.41. The van der Waals surface area contributed by atoms with Gasteiger partial charge in [-0.25, -0.2) is 4.98 Å². The summed E-state index contributed by atoms with van der Waals surface area (Å²) in [4.78, 5) is 20.2. The van der Waals surface area contributed by atoms with Gasteiger partial charge in [0, 0.05) is 30.5 Å². The van der Waals surface area contributed by atoms with Crippen molar-refractivity contribution in [1.29, 1.82) is 0 Å². The lowest BCUT2D eigenvalue weighted by atomic mass is 9.95. The van der Waals surface area contributed by atoms with Gasteiger partial charge < -0.3 is 9.64 Å². The first-order valence-electron chi connectivity index (χ1n) is 10.1. The summed E-state index contributed by atoms with van der Waals surface area (Å²) in [5.74, 6) is 1.50. The van der Waals surface area contributed by atoms with Crippen molar-refractivity contribution in [3.8, 4) is 5.75 Å². The van der Waals surface area contributed by atoms with Gasteiger partial charge in [-0.05, 0) is 38.0 Å². The number of benzene rings is 2. The summed E-state index contributed by atoms with van der Waals surface area (Å²) in [6.07, 6.45) is 2.21. The standard InChI is InChI=1S/C23H24N2O2S/c1-14-15(2)27-21-17(14)8-5-9-18(21)23(26)25-12-6-7-16(13-25)22-24-19-10-3-4-11-20(19)28-22/h3-5,8-11,14-16H,6-7,12-13H2,1-2H3/t14-,15-,16-/m0/s1. The van der Waals surface area contributed by atoms with E-state index in [0.717, 1.165) is 47.8 Å². The Hall–Kier alpha value is -2.40. The third-order valence-corrected chi connectivity index (χ3v) is 7.34. The molecule has 1 saturated heterocycles. The van der Waals surface area contributed by atoms with Crippen LogP contribution in [-0.4, -0.2) is 35.0 Å². The molecule has 144 valence electrons. The fourth-order valence-electron chi connectivity index (χ4n) is 4.35. The molecule has 5 heteroatoms. The number of thiazole rings is 1. The van der Waals surface area contributed by atoms with Crippen LogP contribution in [0.15, 0.2) is 42.5 Å². The van der Waals surface area contributed by atoms with Crippen LogP contribution in [0.25, 0.3) is 10.2 Å². The molecule has 2 aromatic carbocycles. The summed E-state index contributed by atoms with van der Waals surface area (Å²) in [6, 6.07) is 14.2. The molecular weight excluding hydrogens is 368 g/mol. The first kappa shape index (κ1) is 17.7. The second kappa shape index (κ2) is 6.89. The van der Waals surface area contributed by atoms with Gasteiger partial charge in [0.25, 0.3) is 5.91 Å². The molecule has 0 bridgehead atoms. The molecule has 3 atom stereocenters. The Labute approximate surface area is 169 Å². The van der Waals surface area contributed by atoms with Crippen molar-refractivity contribution >= 4 is 27.5 Å². The minimum absolute atomic E-state index is 0.0870. The highest BCUT2D eigenvalue weighted by Crippen LogP contribution is 2.41. The van der Waals surface area contributed by atoms with Gasteiger partial charge in [-0.1, -0.05) is 31.2 Å². The molecule has 0 spiro atoms. The van der Waals surface area contributed by atoms with Crippen molar-refractivity contribution in [3.05, 3.63) is 58.6 Å². The zero-order valence-corrected chi connectivity index (χ0v) is 17.0. The van der Waals surface area contributed by atoms with E-state index in [-0.39, 0.29) is 12.0 Å². The van der Waals surface area contributed by atoms with E-state index in [1.165, 1.54) is 4.70 Å². The number of carbonyl (C=O) groups excluding carboxylic acids is 1. The van der Waals surface area contributed by atoms with E-state index in [0.29, 0.717) is 17.4 Å². The zero-order chi connectivity index (χ0) is 19.3. The van der Waals surface area contributed by atoms with Gasteiger partial charge in [-0.2, -0.15) is 0 Å². The van der Waals surface area contributed by atoms with Gasteiger partial charge in [0.2, 0.25) is 0 Å². The van der Waals surface area contributed by atoms with Crippen LogP contribution >= 0.6 is 11.3 Å². The maximum Gasteiger partial charge on any atom is 0.257 e. The number of para-hydroxylation sites is 2. The van der Waals surface area contributed by atoms with E-state index < -0.39 is 0 Å². The molecule has 0 aliphatic carbocycles. The van der Waals surface area contributed by atoms with Crippen molar-refractivity contribution in [2.75, 3.05) is 13.1 Å². The minimum atomic E-state index is 0.0870. The number of ether oxygens (including phenoxy) is 1. The number of piperidine rings is 1. The summed E-state index contributed by atoms with van der Waals surface area (Å²) < 4.78 is 7.28. The summed E-state index contributed by atoms with van der Waals surface area (Å²) in [6.45, 7) is 5.76. The second-order valence-electron chi connectivity index (χ2n) is 7.95. The van der Waals surface area contributed by atoms with Crippen molar-refractivity contribution in [3.63, 3.8) is 0 Å². The minimum Gasteiger partial charge on any atom is -0.489 e. The average Bonchev–Trinajstić information content (AvgIpc) is 3.29. The zero-order valence-electron chi connectivity index (χ0n) is 16.2. The van der Waals surface area contributed by atoms with Gasteiger partial charge in [0.05, 0.1) is 20.8 Å². The first-order chi connectivity index (χ1) is 13.6. The number of fused-ring (bicyclic) bond motifs is 2. The molecule has 2 aliphatic heterocycles. The number of rotatable bonds is 2. The van der Waals surface area contributed by atoms with E-state index in [4.69, 9.17) is 9.72 Å². The number of nitrogens with zero attached hydrogens (tertiary/aromatic N) is 2. The molecule has 3 aromatic rings. The fraction of sp³-hybridized carbons (Fsp3) is 0.391. The summed E-state index contributed by atoms with van der Waals surface area (Å²) in [5, 5.41) is 1.15. The normalized spacial score (nSPS) is 24.2. The van der Waals surface area contributed by atoms with Gasteiger partial charge in [0.15, 0.2) is 0 Å². The number of aromatic nitrogens is 1. The monoisotopic (exact) mass is 392 g/mol. The summed E-state index contributed by atoms with van der Waals surface area (Å²) in [5.41, 5.74) is 2.92. The lowest BCUT2D eigenvalue weighted by Gasteiger charge is -2.32. The molecule has 1 amide bonds. The Kier molecular flexibility index (Phi) is 4.35. The molecule has 1 fully saturated rings. The van der Waals surface area contributed by atoms with Gasteiger partial charge >= 0.3 is 0 Å². The topological polar surface area (TPSA) is 42.4 Å². The van der Waals surface area contributed by atoms with E-state index >= 15 is 0 Å². The lowest BCUT2D eigenvalue weighted by molar-refractivity contribution is 0.0702. The summed E-state index contributed by atoms with van der Waals surface area (Å²) >= 11 is 1.76. The largest absolute Gasteiger partial charge is 0.489 e. The number of amides is 1. The van der Waals surface area contributed by atoms with Crippen LogP contribution in [0.4, 0.5) is 0 Å². The van der Waals surface area contributed by atoms with Crippen molar-refractivity contribution in [2.24, 2.45) is 0 Å². The van der Waals surface area contributed by atoms with Crippen molar-refractivity contribution in [1.82, 2.24) is 9.88 Å². The molecule has 0 saturated carbocycles. The van der Waals surface area contributed by atoms with Crippen molar-refractivity contribution in [2.45, 2.75) is 44.6 Å². The third-order valence-electron chi connectivity index (χ3n) is 6.14. The van der Waals surface area contributed by atoms with E-state index in [2.05, 4.69) is 38.1 Å². The molecular formula is C23H24N2O2S. The molecule has 4 nitrogen and oxygen atoms in total. The van der Waals surface area contributed by atoms with Crippen LogP contribution in [0.1, 0.15) is 59.5 Å². The van der Waals surface area contributed by atoms with Crippen molar-refractivity contribution < 1.29 is 9.53 Å². The summed E-state index contributed by atoms with van der Waals surface area (Å²) in [7, 11) is 0. The molecule has 0 radical (unpaired) electrons.